The number of likely N-dealkylation sites (tertiary alicyclic amines) is 1. The molecule has 2 atom stereocenters. The molecule has 0 aliphatic carbocycles. The first kappa shape index (κ1) is 29.1. The van der Waals surface area contributed by atoms with E-state index in [-0.39, 0.29) is 12.1 Å². The molecule has 0 spiro atoms. The second-order valence-electron chi connectivity index (χ2n) is 7.63. The number of nitriles is 1. The van der Waals surface area contributed by atoms with E-state index < -0.39 is 6.10 Å². The van der Waals surface area contributed by atoms with Gasteiger partial charge in [0, 0.05) is 41.5 Å². The maximum absolute atomic E-state index is 11.9. The van der Waals surface area contributed by atoms with Crippen LogP contribution in [0.1, 0.15) is 70.5 Å². The first-order chi connectivity index (χ1) is 16.2. The molecular weight excluding hydrogens is 450 g/mol. The number of aliphatic imine (C=N–C) groups is 1. The van der Waals surface area contributed by atoms with Gasteiger partial charge >= 0.3 is 0 Å². The van der Waals surface area contributed by atoms with Gasteiger partial charge in [-0.1, -0.05) is 31.5 Å². The van der Waals surface area contributed by atoms with Gasteiger partial charge in [0.2, 0.25) is 5.91 Å². The zero-order valence-electron chi connectivity index (χ0n) is 21.2. The number of hydrogen-bond donors (Lipinski definition) is 1. The quantitative estimate of drug-likeness (QED) is 0.294. The van der Waals surface area contributed by atoms with E-state index in [1.165, 1.54) is 5.54 Å². The van der Waals surface area contributed by atoms with Gasteiger partial charge in [0.25, 0.3) is 0 Å². The van der Waals surface area contributed by atoms with Gasteiger partial charge in [-0.2, -0.15) is 10.4 Å². The normalized spacial score (nSPS) is 17.2. The van der Waals surface area contributed by atoms with Gasteiger partial charge in [0.15, 0.2) is 0 Å². The van der Waals surface area contributed by atoms with Gasteiger partial charge in [0.1, 0.15) is 12.3 Å². The number of nitrogens with zero attached hydrogens (tertiary/aromatic N) is 5. The van der Waals surface area contributed by atoms with Crippen LogP contribution in [-0.2, 0) is 4.79 Å². The minimum Gasteiger partial charge on any atom is -0.383 e. The molecule has 2 unspecified atom stereocenters. The number of amides is 1. The van der Waals surface area contributed by atoms with Crippen LogP contribution >= 0.6 is 11.6 Å². The molecule has 0 radical (unpaired) electrons. The summed E-state index contributed by atoms with van der Waals surface area (Å²) in [5.41, 5.74) is 5.28. The molecule has 1 aromatic heterocycles. The monoisotopic (exact) mass is 485 g/mol. The lowest BCUT2D eigenvalue weighted by Gasteiger charge is -2.21. The smallest absolute Gasteiger partial charge is 0.224 e. The van der Waals surface area contributed by atoms with E-state index in [9.17, 15) is 9.90 Å². The highest BCUT2D eigenvalue weighted by molar-refractivity contribution is 6.25. The third-order valence-corrected chi connectivity index (χ3v) is 5.55. The number of allylic oxidation sites excluding steroid dienone is 6. The third-order valence-electron chi connectivity index (χ3n) is 5.43. The van der Waals surface area contributed by atoms with Crippen LogP contribution in [0.3, 0.4) is 0 Å². The van der Waals surface area contributed by atoms with Crippen LogP contribution < -0.4 is 0 Å². The Morgan fingerprint density at radius 2 is 2.00 bits per heavy atom. The highest BCUT2D eigenvalue weighted by Crippen LogP contribution is 2.29. The van der Waals surface area contributed by atoms with E-state index in [2.05, 4.69) is 16.2 Å². The largest absolute Gasteiger partial charge is 0.383 e. The highest BCUT2D eigenvalue weighted by atomic mass is 35.5. The van der Waals surface area contributed by atoms with Crippen LogP contribution in [0.15, 0.2) is 46.0 Å². The van der Waals surface area contributed by atoms with Crippen LogP contribution in [0.4, 0.5) is 0 Å². The van der Waals surface area contributed by atoms with Crippen LogP contribution in [0.25, 0.3) is 5.70 Å². The lowest BCUT2D eigenvalue weighted by molar-refractivity contribution is -0.129. The van der Waals surface area contributed by atoms with E-state index in [4.69, 9.17) is 16.9 Å². The first-order valence-corrected chi connectivity index (χ1v) is 12.0. The Morgan fingerprint density at radius 3 is 2.53 bits per heavy atom. The van der Waals surface area contributed by atoms with Gasteiger partial charge in [-0.15, -0.1) is 0 Å². The molecular formula is C26H36ClN5O2. The molecule has 0 aromatic carbocycles. The SMILES string of the molecule is C/C=C(\C=N/C(C)N1CCCC1=O)C(O)c1c(C)nn(C(/C=C/Cl)=C/C=C(\C)C#N)c1C.CC. The molecule has 1 aromatic rings. The predicted octanol–water partition coefficient (Wildman–Crippen LogP) is 5.61. The molecule has 1 N–H and O–H groups in total. The van der Waals surface area contributed by atoms with Crippen molar-refractivity contribution in [3.8, 4) is 6.07 Å². The number of hydrogen-bond acceptors (Lipinski definition) is 5. The second kappa shape index (κ2) is 14.3. The Kier molecular flexibility index (Phi) is 12.3. The van der Waals surface area contributed by atoms with E-state index >= 15 is 0 Å². The summed E-state index contributed by atoms with van der Waals surface area (Å²) in [6, 6.07) is 2.08. The van der Waals surface area contributed by atoms with Crippen LogP contribution in [0, 0.1) is 25.2 Å². The summed E-state index contributed by atoms with van der Waals surface area (Å²) in [5.74, 6) is 0.109. The minimum atomic E-state index is -0.934. The van der Waals surface area contributed by atoms with E-state index in [0.29, 0.717) is 41.1 Å². The van der Waals surface area contributed by atoms with Crippen molar-refractivity contribution in [3.63, 3.8) is 0 Å². The molecule has 1 saturated heterocycles. The van der Waals surface area contributed by atoms with Gasteiger partial charge in [0.05, 0.1) is 17.5 Å². The van der Waals surface area contributed by atoms with E-state index in [1.54, 1.807) is 47.0 Å². The average Bonchev–Trinajstić information content (AvgIpc) is 3.39. The number of carbonyl (C=O) groups is 1. The minimum absolute atomic E-state index is 0.109. The number of aliphatic hydroxyl groups is 1. The van der Waals surface area contributed by atoms with E-state index in [0.717, 1.165) is 12.1 Å². The standard InChI is InChI=1S/C24H30ClN5O2.C2H6/c1-6-20(15-27-19(5)29-13-7-8-22(29)31)24(32)23-17(3)28-30(18(23)4)21(11-12-25)10-9-16(2)14-26;1-2/h6,9-12,15,19,24,32H,7-8,13H2,1-5H3;1-2H3/b12-11+,16-9+,20-6+,21-10+,27-15-;. The van der Waals surface area contributed by atoms with Crippen molar-refractivity contribution in [2.75, 3.05) is 6.54 Å². The van der Waals surface area contributed by atoms with Gasteiger partial charge in [-0.05, 0) is 64.8 Å². The summed E-state index contributed by atoms with van der Waals surface area (Å²) in [5, 5.41) is 24.7. The fourth-order valence-electron chi connectivity index (χ4n) is 3.62. The fraction of sp³-hybridized carbons (Fsp3) is 0.462. The summed E-state index contributed by atoms with van der Waals surface area (Å²) < 4.78 is 1.68. The molecule has 1 aliphatic rings. The van der Waals surface area contributed by atoms with Crippen molar-refractivity contribution in [2.45, 2.75) is 73.6 Å². The summed E-state index contributed by atoms with van der Waals surface area (Å²) in [4.78, 5) is 18.2. The molecule has 2 rings (SSSR count). The molecule has 8 heteroatoms. The lowest BCUT2D eigenvalue weighted by atomic mass is 10.0. The zero-order chi connectivity index (χ0) is 25.8. The summed E-state index contributed by atoms with van der Waals surface area (Å²) in [7, 11) is 0. The average molecular weight is 486 g/mol. The molecule has 0 saturated carbocycles. The Hall–Kier alpha value is -2.95. The summed E-state index contributed by atoms with van der Waals surface area (Å²) in [6.45, 7) is 13.8. The molecule has 34 heavy (non-hydrogen) atoms. The lowest BCUT2D eigenvalue weighted by Crippen LogP contribution is -2.32. The molecule has 1 amide bonds. The molecule has 7 nitrogen and oxygen atoms in total. The molecule has 0 bridgehead atoms. The fourth-order valence-corrected chi connectivity index (χ4v) is 3.75. The van der Waals surface area contributed by atoms with Crippen molar-refractivity contribution < 1.29 is 9.90 Å². The second-order valence-corrected chi connectivity index (χ2v) is 7.89. The summed E-state index contributed by atoms with van der Waals surface area (Å²) in [6.07, 6.45) is 8.74. The zero-order valence-corrected chi connectivity index (χ0v) is 22.0. The Bertz CT molecular complexity index is 1040. The number of aliphatic hydroxyl groups excluding tert-OH is 1. The van der Waals surface area contributed by atoms with Gasteiger partial charge < -0.3 is 10.0 Å². The van der Waals surface area contributed by atoms with Crippen molar-refractivity contribution in [2.24, 2.45) is 4.99 Å². The van der Waals surface area contributed by atoms with Crippen molar-refractivity contribution >= 4 is 29.4 Å². The maximum atomic E-state index is 11.9. The number of carbonyl (C=O) groups excluding carboxylic acids is 1. The first-order valence-electron chi connectivity index (χ1n) is 11.5. The van der Waals surface area contributed by atoms with Crippen molar-refractivity contribution in [3.05, 3.63) is 57.9 Å². The van der Waals surface area contributed by atoms with Crippen LogP contribution in [-0.4, -0.2) is 44.6 Å². The van der Waals surface area contributed by atoms with Crippen LogP contribution in [0.5, 0.6) is 0 Å². The third kappa shape index (κ3) is 7.28. The maximum Gasteiger partial charge on any atom is 0.224 e. The van der Waals surface area contributed by atoms with Crippen molar-refractivity contribution in [1.29, 1.82) is 5.26 Å². The Balaban J connectivity index is 0.00000281. The molecule has 184 valence electrons. The number of rotatable bonds is 8. The Labute approximate surface area is 208 Å². The van der Waals surface area contributed by atoms with Crippen LogP contribution in [0.2, 0.25) is 0 Å². The molecule has 1 fully saturated rings. The van der Waals surface area contributed by atoms with Gasteiger partial charge in [-0.3, -0.25) is 9.79 Å². The van der Waals surface area contributed by atoms with Crippen molar-refractivity contribution in [1.82, 2.24) is 14.7 Å². The number of aromatic nitrogens is 2. The van der Waals surface area contributed by atoms with Gasteiger partial charge in [-0.25, -0.2) is 4.68 Å². The molecule has 2 heterocycles. The summed E-state index contributed by atoms with van der Waals surface area (Å²) >= 11 is 5.81. The number of halogens is 1. The van der Waals surface area contributed by atoms with E-state index in [1.807, 2.05) is 41.5 Å². The Morgan fingerprint density at radius 1 is 1.32 bits per heavy atom. The topological polar surface area (TPSA) is 94.5 Å². The predicted molar refractivity (Wildman–Crippen MR) is 139 cm³/mol. The molecule has 1 aliphatic heterocycles. The highest BCUT2D eigenvalue weighted by Gasteiger charge is 2.25. The number of aryl methyl sites for hydroxylation is 1.